The highest BCUT2D eigenvalue weighted by Crippen LogP contribution is 2.35. The fourth-order valence-electron chi connectivity index (χ4n) is 3.60. The van der Waals surface area contributed by atoms with Crippen LogP contribution in [-0.4, -0.2) is 12.6 Å². The SMILES string of the molecule is CCCNC(CCC1CCCCC1CC)C(C)C. The topological polar surface area (TPSA) is 12.0 Å². The summed E-state index contributed by atoms with van der Waals surface area (Å²) in [5.74, 6) is 2.83. The Bertz CT molecular complexity index is 200. The molecule has 1 rings (SSSR count). The molecular weight excluding hydrogens is 218 g/mol. The minimum absolute atomic E-state index is 0.740. The predicted octanol–water partition coefficient (Wildman–Crippen LogP) is 5.01. The number of hydrogen-bond donors (Lipinski definition) is 1. The van der Waals surface area contributed by atoms with E-state index in [1.807, 2.05) is 0 Å². The summed E-state index contributed by atoms with van der Waals surface area (Å²) in [4.78, 5) is 0. The lowest BCUT2D eigenvalue weighted by atomic mass is 9.75. The third-order valence-electron chi connectivity index (χ3n) is 4.90. The number of rotatable bonds is 8. The van der Waals surface area contributed by atoms with Crippen LogP contribution in [0.3, 0.4) is 0 Å². The van der Waals surface area contributed by atoms with Gasteiger partial charge in [0, 0.05) is 6.04 Å². The van der Waals surface area contributed by atoms with Gasteiger partial charge in [-0.2, -0.15) is 0 Å². The molecule has 1 heteroatoms. The van der Waals surface area contributed by atoms with Gasteiger partial charge >= 0.3 is 0 Å². The quantitative estimate of drug-likeness (QED) is 0.641. The van der Waals surface area contributed by atoms with Crippen LogP contribution in [0, 0.1) is 17.8 Å². The first-order chi connectivity index (χ1) is 8.69. The predicted molar refractivity (Wildman–Crippen MR) is 81.9 cm³/mol. The standard InChI is InChI=1S/C17H35N/c1-5-13-18-17(14(3)4)12-11-16-10-8-7-9-15(16)6-2/h14-18H,5-13H2,1-4H3. The lowest BCUT2D eigenvalue weighted by Crippen LogP contribution is -2.35. The van der Waals surface area contributed by atoms with E-state index in [4.69, 9.17) is 0 Å². The Balaban J connectivity index is 2.35. The smallest absolute Gasteiger partial charge is 0.00901 e. The van der Waals surface area contributed by atoms with Crippen molar-refractivity contribution in [2.45, 2.75) is 85.1 Å². The molecule has 1 saturated carbocycles. The second-order valence-corrected chi connectivity index (χ2v) is 6.59. The van der Waals surface area contributed by atoms with Crippen molar-refractivity contribution in [3.8, 4) is 0 Å². The zero-order chi connectivity index (χ0) is 13.4. The molecule has 1 aliphatic rings. The Morgan fingerprint density at radius 2 is 1.72 bits per heavy atom. The summed E-state index contributed by atoms with van der Waals surface area (Å²) in [5.41, 5.74) is 0. The summed E-state index contributed by atoms with van der Waals surface area (Å²) < 4.78 is 0. The molecule has 1 aliphatic carbocycles. The second-order valence-electron chi connectivity index (χ2n) is 6.59. The molecule has 18 heavy (non-hydrogen) atoms. The minimum atomic E-state index is 0.740. The van der Waals surface area contributed by atoms with E-state index in [0.29, 0.717) is 0 Å². The van der Waals surface area contributed by atoms with Crippen molar-refractivity contribution >= 4 is 0 Å². The van der Waals surface area contributed by atoms with Crippen LogP contribution < -0.4 is 5.32 Å². The number of hydrogen-bond acceptors (Lipinski definition) is 1. The average molecular weight is 253 g/mol. The van der Waals surface area contributed by atoms with Gasteiger partial charge in [-0.15, -0.1) is 0 Å². The van der Waals surface area contributed by atoms with Crippen LogP contribution in [0.15, 0.2) is 0 Å². The van der Waals surface area contributed by atoms with Crippen molar-refractivity contribution in [1.29, 1.82) is 0 Å². The summed E-state index contributed by atoms with van der Waals surface area (Å²) in [7, 11) is 0. The zero-order valence-corrected chi connectivity index (χ0v) is 13.2. The van der Waals surface area contributed by atoms with Gasteiger partial charge in [-0.1, -0.05) is 59.8 Å². The van der Waals surface area contributed by atoms with Gasteiger partial charge < -0.3 is 5.32 Å². The van der Waals surface area contributed by atoms with Crippen LogP contribution in [-0.2, 0) is 0 Å². The molecule has 3 unspecified atom stereocenters. The van der Waals surface area contributed by atoms with Crippen LogP contribution in [0.25, 0.3) is 0 Å². The van der Waals surface area contributed by atoms with Crippen molar-refractivity contribution in [2.75, 3.05) is 6.54 Å². The molecule has 0 spiro atoms. The Morgan fingerprint density at radius 1 is 1.06 bits per heavy atom. The van der Waals surface area contributed by atoms with Gasteiger partial charge in [0.05, 0.1) is 0 Å². The van der Waals surface area contributed by atoms with Crippen molar-refractivity contribution in [1.82, 2.24) is 5.32 Å². The molecule has 0 aliphatic heterocycles. The maximum Gasteiger partial charge on any atom is 0.00901 e. The normalized spacial score (nSPS) is 26.5. The van der Waals surface area contributed by atoms with Crippen molar-refractivity contribution in [2.24, 2.45) is 17.8 Å². The van der Waals surface area contributed by atoms with Gasteiger partial charge in [-0.25, -0.2) is 0 Å². The molecule has 0 heterocycles. The van der Waals surface area contributed by atoms with Crippen LogP contribution in [0.1, 0.15) is 79.1 Å². The van der Waals surface area contributed by atoms with E-state index in [-0.39, 0.29) is 0 Å². The Kier molecular flexibility index (Phi) is 7.97. The third kappa shape index (κ3) is 5.30. The van der Waals surface area contributed by atoms with Gasteiger partial charge in [0.2, 0.25) is 0 Å². The summed E-state index contributed by atoms with van der Waals surface area (Å²) in [6.45, 7) is 10.6. The maximum atomic E-state index is 3.74. The first-order valence-corrected chi connectivity index (χ1v) is 8.42. The van der Waals surface area contributed by atoms with E-state index >= 15 is 0 Å². The monoisotopic (exact) mass is 253 g/mol. The Hall–Kier alpha value is -0.0400. The van der Waals surface area contributed by atoms with E-state index < -0.39 is 0 Å². The zero-order valence-electron chi connectivity index (χ0n) is 13.2. The van der Waals surface area contributed by atoms with Gasteiger partial charge in [0.1, 0.15) is 0 Å². The first kappa shape index (κ1) is 16.0. The minimum Gasteiger partial charge on any atom is -0.314 e. The maximum absolute atomic E-state index is 3.74. The van der Waals surface area contributed by atoms with E-state index in [1.54, 1.807) is 0 Å². The molecule has 1 nitrogen and oxygen atoms in total. The highest BCUT2D eigenvalue weighted by molar-refractivity contribution is 4.78. The van der Waals surface area contributed by atoms with E-state index in [2.05, 4.69) is 33.0 Å². The molecule has 0 amide bonds. The van der Waals surface area contributed by atoms with Gasteiger partial charge in [-0.05, 0) is 43.6 Å². The molecule has 0 aromatic rings. The Morgan fingerprint density at radius 3 is 2.28 bits per heavy atom. The lowest BCUT2D eigenvalue weighted by Gasteiger charge is -2.33. The first-order valence-electron chi connectivity index (χ1n) is 8.42. The molecule has 0 radical (unpaired) electrons. The van der Waals surface area contributed by atoms with Crippen LogP contribution >= 0.6 is 0 Å². The molecule has 108 valence electrons. The van der Waals surface area contributed by atoms with Crippen LogP contribution in [0.4, 0.5) is 0 Å². The second kappa shape index (κ2) is 8.96. The van der Waals surface area contributed by atoms with Crippen LogP contribution in [0.2, 0.25) is 0 Å². The van der Waals surface area contributed by atoms with E-state index in [0.717, 1.165) is 23.8 Å². The average Bonchev–Trinajstić information content (AvgIpc) is 2.38. The third-order valence-corrected chi connectivity index (χ3v) is 4.90. The fourth-order valence-corrected chi connectivity index (χ4v) is 3.60. The van der Waals surface area contributed by atoms with Crippen molar-refractivity contribution in [3.63, 3.8) is 0 Å². The highest BCUT2D eigenvalue weighted by Gasteiger charge is 2.24. The molecule has 1 N–H and O–H groups in total. The van der Waals surface area contributed by atoms with E-state index in [9.17, 15) is 0 Å². The van der Waals surface area contributed by atoms with Crippen molar-refractivity contribution in [3.05, 3.63) is 0 Å². The van der Waals surface area contributed by atoms with Crippen molar-refractivity contribution < 1.29 is 0 Å². The molecule has 0 aromatic carbocycles. The van der Waals surface area contributed by atoms with Gasteiger partial charge in [0.15, 0.2) is 0 Å². The molecular formula is C17H35N. The van der Waals surface area contributed by atoms with E-state index in [1.165, 1.54) is 57.9 Å². The molecule has 1 fully saturated rings. The molecule has 0 aromatic heterocycles. The summed E-state index contributed by atoms with van der Waals surface area (Å²) in [5, 5.41) is 3.74. The summed E-state index contributed by atoms with van der Waals surface area (Å²) >= 11 is 0. The van der Waals surface area contributed by atoms with Gasteiger partial charge in [0.25, 0.3) is 0 Å². The fraction of sp³-hybridized carbons (Fsp3) is 1.00. The highest BCUT2D eigenvalue weighted by atomic mass is 14.9. The van der Waals surface area contributed by atoms with Crippen LogP contribution in [0.5, 0.6) is 0 Å². The summed E-state index contributed by atoms with van der Waals surface area (Å²) in [6, 6.07) is 0.740. The molecule has 0 bridgehead atoms. The molecule has 3 atom stereocenters. The largest absolute Gasteiger partial charge is 0.314 e. The lowest BCUT2D eigenvalue weighted by molar-refractivity contribution is 0.201. The summed E-state index contributed by atoms with van der Waals surface area (Å²) in [6.07, 6.45) is 11.5. The molecule has 0 saturated heterocycles. The number of nitrogens with one attached hydrogen (secondary N) is 1. The Labute approximate surface area is 115 Å². The van der Waals surface area contributed by atoms with Gasteiger partial charge in [-0.3, -0.25) is 0 Å².